The van der Waals surface area contributed by atoms with Crippen molar-refractivity contribution in [2.24, 2.45) is 0 Å². The van der Waals surface area contributed by atoms with Gasteiger partial charge in [0.1, 0.15) is 11.3 Å². The first kappa shape index (κ1) is 15.2. The van der Waals surface area contributed by atoms with Crippen LogP contribution in [0.2, 0.25) is 0 Å². The molecule has 6 heteroatoms. The molecule has 0 aliphatic carbocycles. The lowest BCUT2D eigenvalue weighted by molar-refractivity contribution is -0.117. The maximum atomic E-state index is 12.6. The number of carbonyl (C=O) groups is 2. The van der Waals surface area contributed by atoms with Crippen LogP contribution < -0.4 is 15.2 Å². The van der Waals surface area contributed by atoms with Crippen LogP contribution in [0, 0.1) is 3.57 Å². The number of fused-ring (bicyclic) bond motifs is 1. The average Bonchev–Trinajstić information content (AvgIpc) is 3.15. The number of nitrogens with zero attached hydrogens (tertiary/aromatic N) is 1. The Labute approximate surface area is 152 Å². The second-order valence-corrected chi connectivity index (χ2v) is 6.83. The van der Waals surface area contributed by atoms with Crippen molar-refractivity contribution in [3.05, 3.63) is 62.7 Å². The number of ether oxygens (including phenoxy) is 1. The molecule has 0 aromatic heterocycles. The van der Waals surface area contributed by atoms with Crippen molar-refractivity contribution in [2.45, 2.75) is 6.42 Å². The molecular weight excluding hydrogens is 419 g/mol. The van der Waals surface area contributed by atoms with Crippen LogP contribution in [-0.2, 0) is 16.0 Å². The predicted molar refractivity (Wildman–Crippen MR) is 98.4 cm³/mol. The number of amides is 2. The average molecular weight is 432 g/mol. The van der Waals surface area contributed by atoms with Gasteiger partial charge in [-0.05, 0) is 76.2 Å². The molecule has 0 bridgehead atoms. The number of carbonyl (C=O) groups excluding carboxylic acids is 2. The molecule has 2 heterocycles. The molecule has 0 spiro atoms. The third-order valence-electron chi connectivity index (χ3n) is 4.00. The monoisotopic (exact) mass is 432 g/mol. The molecule has 2 aliphatic rings. The van der Waals surface area contributed by atoms with E-state index >= 15 is 0 Å². The van der Waals surface area contributed by atoms with Gasteiger partial charge in [0.05, 0.1) is 12.3 Å². The molecule has 2 aliphatic heterocycles. The zero-order chi connectivity index (χ0) is 16.7. The zero-order valence-corrected chi connectivity index (χ0v) is 14.7. The highest BCUT2D eigenvalue weighted by atomic mass is 127. The lowest BCUT2D eigenvalue weighted by atomic mass is 10.1. The Kier molecular flexibility index (Phi) is 3.76. The van der Waals surface area contributed by atoms with Gasteiger partial charge in [0.15, 0.2) is 0 Å². The van der Waals surface area contributed by atoms with Gasteiger partial charge in [-0.1, -0.05) is 6.07 Å². The number of anilines is 1. The fourth-order valence-corrected chi connectivity index (χ4v) is 3.15. The van der Waals surface area contributed by atoms with E-state index < -0.39 is 5.91 Å². The van der Waals surface area contributed by atoms with Gasteiger partial charge in [0.25, 0.3) is 11.8 Å². The Morgan fingerprint density at radius 3 is 2.71 bits per heavy atom. The van der Waals surface area contributed by atoms with E-state index in [1.165, 1.54) is 5.01 Å². The van der Waals surface area contributed by atoms with Gasteiger partial charge in [0.2, 0.25) is 0 Å². The molecule has 1 saturated heterocycles. The van der Waals surface area contributed by atoms with Gasteiger partial charge in [-0.15, -0.1) is 0 Å². The van der Waals surface area contributed by atoms with Crippen LogP contribution in [-0.4, -0.2) is 18.4 Å². The highest BCUT2D eigenvalue weighted by Crippen LogP contribution is 2.28. The molecule has 2 aromatic carbocycles. The second kappa shape index (κ2) is 5.94. The molecule has 1 fully saturated rings. The highest BCUT2D eigenvalue weighted by Gasteiger charge is 2.34. The van der Waals surface area contributed by atoms with Gasteiger partial charge in [-0.3, -0.25) is 15.0 Å². The molecule has 120 valence electrons. The molecule has 2 amide bonds. The molecule has 0 saturated carbocycles. The number of hydrogen-bond donors (Lipinski definition) is 1. The fraction of sp³-hybridized carbons (Fsp3) is 0.111. The summed E-state index contributed by atoms with van der Waals surface area (Å²) in [5.41, 5.74) is 5.30. The van der Waals surface area contributed by atoms with Crippen LogP contribution in [0.3, 0.4) is 0 Å². The number of halogens is 1. The summed E-state index contributed by atoms with van der Waals surface area (Å²) in [5, 5.41) is 1.28. The molecule has 0 unspecified atom stereocenters. The number of hydrogen-bond acceptors (Lipinski definition) is 3. The van der Waals surface area contributed by atoms with E-state index in [0.29, 0.717) is 12.3 Å². The van der Waals surface area contributed by atoms with Gasteiger partial charge in [-0.25, -0.2) is 5.01 Å². The summed E-state index contributed by atoms with van der Waals surface area (Å²) in [6, 6.07) is 13.1. The number of benzene rings is 2. The molecule has 1 N–H and O–H groups in total. The van der Waals surface area contributed by atoms with Crippen molar-refractivity contribution in [3.8, 4) is 5.75 Å². The fourth-order valence-electron chi connectivity index (χ4n) is 2.79. The summed E-state index contributed by atoms with van der Waals surface area (Å²) in [7, 11) is 0. The van der Waals surface area contributed by atoms with Crippen molar-refractivity contribution in [2.75, 3.05) is 11.6 Å². The summed E-state index contributed by atoms with van der Waals surface area (Å²) >= 11 is 2.19. The third-order valence-corrected chi connectivity index (χ3v) is 4.72. The number of hydrazine groups is 1. The van der Waals surface area contributed by atoms with E-state index in [-0.39, 0.29) is 11.5 Å². The Bertz CT molecular complexity index is 874. The smallest absolute Gasteiger partial charge is 0.282 e. The minimum absolute atomic E-state index is 0.132. The molecule has 4 rings (SSSR count). The van der Waals surface area contributed by atoms with Gasteiger partial charge in [0, 0.05) is 9.99 Å². The predicted octanol–water partition coefficient (Wildman–Crippen LogP) is 2.69. The van der Waals surface area contributed by atoms with Crippen molar-refractivity contribution in [1.29, 1.82) is 0 Å². The maximum Gasteiger partial charge on any atom is 0.282 e. The molecule has 0 atom stereocenters. The van der Waals surface area contributed by atoms with Crippen LogP contribution in [0.5, 0.6) is 5.75 Å². The molecule has 24 heavy (non-hydrogen) atoms. The maximum absolute atomic E-state index is 12.6. The van der Waals surface area contributed by atoms with Gasteiger partial charge >= 0.3 is 0 Å². The summed E-state index contributed by atoms with van der Waals surface area (Å²) in [6.07, 6.45) is 2.48. The lowest BCUT2D eigenvalue weighted by Gasteiger charge is -2.14. The number of rotatable bonds is 2. The molecular formula is C18H13IN2O3. The quantitative estimate of drug-likeness (QED) is 0.451. The first-order valence-corrected chi connectivity index (χ1v) is 8.58. The summed E-state index contributed by atoms with van der Waals surface area (Å²) in [4.78, 5) is 24.8. The Morgan fingerprint density at radius 1 is 1.12 bits per heavy atom. The van der Waals surface area contributed by atoms with E-state index in [9.17, 15) is 9.59 Å². The van der Waals surface area contributed by atoms with E-state index in [0.717, 1.165) is 26.9 Å². The van der Waals surface area contributed by atoms with Crippen LogP contribution in [0.25, 0.3) is 6.08 Å². The minimum atomic E-state index is -0.393. The van der Waals surface area contributed by atoms with E-state index in [1.54, 1.807) is 18.2 Å². The Balaban J connectivity index is 1.65. The third kappa shape index (κ3) is 2.66. The Hall–Kier alpha value is -2.35. The lowest BCUT2D eigenvalue weighted by Crippen LogP contribution is -2.35. The van der Waals surface area contributed by atoms with Gasteiger partial charge < -0.3 is 4.74 Å². The Morgan fingerprint density at radius 2 is 1.92 bits per heavy atom. The summed E-state index contributed by atoms with van der Waals surface area (Å²) < 4.78 is 6.54. The standard InChI is InChI=1S/C18H13IN2O3/c19-13-2-4-14(5-3-13)21-18(23)15(17(22)20-21)10-11-1-6-16-12(9-11)7-8-24-16/h1-6,9-10H,7-8H2,(H,20,22)/b15-10+. The SMILES string of the molecule is O=C1NN(c2ccc(I)cc2)C(=O)/C1=C/c1ccc2c(c1)CCO2. The normalized spacial score (nSPS) is 17.9. The second-order valence-electron chi connectivity index (χ2n) is 5.58. The first-order valence-electron chi connectivity index (χ1n) is 7.50. The van der Waals surface area contributed by atoms with Crippen LogP contribution in [0.15, 0.2) is 48.0 Å². The van der Waals surface area contributed by atoms with E-state index in [1.807, 2.05) is 30.3 Å². The van der Waals surface area contributed by atoms with Crippen molar-refractivity contribution in [3.63, 3.8) is 0 Å². The summed E-state index contributed by atoms with van der Waals surface area (Å²) in [6.45, 7) is 0.676. The number of nitrogens with one attached hydrogen (secondary N) is 1. The van der Waals surface area contributed by atoms with Crippen molar-refractivity contribution < 1.29 is 14.3 Å². The van der Waals surface area contributed by atoms with Crippen LogP contribution in [0.1, 0.15) is 11.1 Å². The van der Waals surface area contributed by atoms with E-state index in [2.05, 4.69) is 28.0 Å². The molecule has 0 radical (unpaired) electrons. The minimum Gasteiger partial charge on any atom is -0.493 e. The zero-order valence-electron chi connectivity index (χ0n) is 12.6. The van der Waals surface area contributed by atoms with Crippen molar-refractivity contribution >= 4 is 46.2 Å². The molecule has 5 nitrogen and oxygen atoms in total. The van der Waals surface area contributed by atoms with Crippen LogP contribution in [0.4, 0.5) is 5.69 Å². The highest BCUT2D eigenvalue weighted by molar-refractivity contribution is 14.1. The van der Waals surface area contributed by atoms with Crippen LogP contribution >= 0.6 is 22.6 Å². The van der Waals surface area contributed by atoms with Gasteiger partial charge in [-0.2, -0.15) is 0 Å². The largest absolute Gasteiger partial charge is 0.493 e. The molecule has 2 aromatic rings. The first-order chi connectivity index (χ1) is 11.6. The van der Waals surface area contributed by atoms with Crippen molar-refractivity contribution in [1.82, 2.24) is 5.43 Å². The summed E-state index contributed by atoms with van der Waals surface area (Å²) in [5.74, 6) is 0.133. The van der Waals surface area contributed by atoms with E-state index in [4.69, 9.17) is 4.74 Å². The topological polar surface area (TPSA) is 58.6 Å².